The van der Waals surface area contributed by atoms with Gasteiger partial charge in [-0.1, -0.05) is 34.1 Å². The zero-order valence-electron chi connectivity index (χ0n) is 10.4. The van der Waals surface area contributed by atoms with Gasteiger partial charge < -0.3 is 4.74 Å². The maximum absolute atomic E-state index is 13.0. The highest BCUT2D eigenvalue weighted by Crippen LogP contribution is 2.31. The van der Waals surface area contributed by atoms with Gasteiger partial charge in [-0.05, 0) is 29.8 Å². The number of rotatable bonds is 4. The molecule has 0 aliphatic carbocycles. The number of hydrogen-bond donors (Lipinski definition) is 2. The van der Waals surface area contributed by atoms with Gasteiger partial charge in [0.2, 0.25) is 0 Å². The highest BCUT2D eigenvalue weighted by molar-refractivity contribution is 9.10. The number of halogens is 2. The first-order chi connectivity index (χ1) is 9.15. The van der Waals surface area contributed by atoms with E-state index in [1.807, 2.05) is 18.2 Å². The highest BCUT2D eigenvalue weighted by Gasteiger charge is 2.17. The molecule has 0 aliphatic heterocycles. The summed E-state index contributed by atoms with van der Waals surface area (Å²) in [5.74, 6) is 6.06. The molecule has 0 aromatic heterocycles. The van der Waals surface area contributed by atoms with Crippen LogP contribution in [0.1, 0.15) is 17.2 Å². The van der Waals surface area contributed by atoms with E-state index in [2.05, 4.69) is 21.4 Å². The molecule has 0 fully saturated rings. The predicted molar refractivity (Wildman–Crippen MR) is 76.3 cm³/mol. The SMILES string of the molecule is COc1cc(Br)ccc1C(NN)c1ccc(F)cc1. The number of nitrogens with one attached hydrogen (secondary N) is 1. The quantitative estimate of drug-likeness (QED) is 0.671. The van der Waals surface area contributed by atoms with Gasteiger partial charge in [0.15, 0.2) is 0 Å². The summed E-state index contributed by atoms with van der Waals surface area (Å²) in [5.41, 5.74) is 4.48. The summed E-state index contributed by atoms with van der Waals surface area (Å²) >= 11 is 3.39. The molecule has 0 aliphatic rings. The van der Waals surface area contributed by atoms with Crippen molar-refractivity contribution in [2.75, 3.05) is 7.11 Å². The fourth-order valence-electron chi connectivity index (χ4n) is 1.94. The summed E-state index contributed by atoms with van der Waals surface area (Å²) in [6.45, 7) is 0. The minimum atomic E-state index is -0.276. The average molecular weight is 325 g/mol. The third kappa shape index (κ3) is 3.12. The Labute approximate surface area is 119 Å². The van der Waals surface area contributed by atoms with Crippen molar-refractivity contribution < 1.29 is 9.13 Å². The van der Waals surface area contributed by atoms with Crippen LogP contribution in [0.25, 0.3) is 0 Å². The van der Waals surface area contributed by atoms with Crippen LogP contribution in [0.2, 0.25) is 0 Å². The van der Waals surface area contributed by atoms with E-state index in [1.54, 1.807) is 19.2 Å². The average Bonchev–Trinajstić information content (AvgIpc) is 2.43. The Bertz CT molecular complexity index is 560. The van der Waals surface area contributed by atoms with Crippen LogP contribution in [0.15, 0.2) is 46.9 Å². The Morgan fingerprint density at radius 1 is 1.21 bits per heavy atom. The largest absolute Gasteiger partial charge is 0.496 e. The van der Waals surface area contributed by atoms with Gasteiger partial charge in [-0.2, -0.15) is 0 Å². The van der Waals surface area contributed by atoms with Gasteiger partial charge in [0.25, 0.3) is 0 Å². The summed E-state index contributed by atoms with van der Waals surface area (Å²) < 4.78 is 19.2. The van der Waals surface area contributed by atoms with Gasteiger partial charge in [-0.15, -0.1) is 0 Å². The lowest BCUT2D eigenvalue weighted by Crippen LogP contribution is -2.29. The van der Waals surface area contributed by atoms with Crippen molar-refractivity contribution in [2.24, 2.45) is 5.84 Å². The van der Waals surface area contributed by atoms with E-state index in [0.29, 0.717) is 5.75 Å². The fraction of sp³-hybridized carbons (Fsp3) is 0.143. The van der Waals surface area contributed by atoms with E-state index >= 15 is 0 Å². The van der Waals surface area contributed by atoms with Crippen LogP contribution < -0.4 is 16.0 Å². The van der Waals surface area contributed by atoms with Crippen molar-refractivity contribution in [1.29, 1.82) is 0 Å². The first-order valence-corrected chi connectivity index (χ1v) is 6.50. The van der Waals surface area contributed by atoms with Crippen molar-refractivity contribution >= 4 is 15.9 Å². The van der Waals surface area contributed by atoms with Crippen molar-refractivity contribution in [3.63, 3.8) is 0 Å². The molecule has 0 saturated carbocycles. The molecule has 3 nitrogen and oxygen atoms in total. The molecule has 19 heavy (non-hydrogen) atoms. The number of hydrogen-bond acceptors (Lipinski definition) is 3. The predicted octanol–water partition coefficient (Wildman–Crippen LogP) is 3.15. The molecule has 5 heteroatoms. The molecule has 100 valence electrons. The lowest BCUT2D eigenvalue weighted by Gasteiger charge is -2.19. The van der Waals surface area contributed by atoms with E-state index in [-0.39, 0.29) is 11.9 Å². The summed E-state index contributed by atoms with van der Waals surface area (Å²) in [5, 5.41) is 0. The molecule has 2 rings (SSSR count). The second-order valence-corrected chi connectivity index (χ2v) is 4.95. The minimum Gasteiger partial charge on any atom is -0.496 e. The van der Waals surface area contributed by atoms with Crippen molar-refractivity contribution in [2.45, 2.75) is 6.04 Å². The van der Waals surface area contributed by atoms with Gasteiger partial charge >= 0.3 is 0 Å². The molecule has 0 saturated heterocycles. The standard InChI is InChI=1S/C14H14BrFN2O/c1-19-13-8-10(15)4-7-12(13)14(18-17)9-2-5-11(16)6-3-9/h2-8,14,18H,17H2,1H3. The Kier molecular flexibility index (Phi) is 4.52. The van der Waals surface area contributed by atoms with Crippen molar-refractivity contribution in [3.05, 3.63) is 63.9 Å². The van der Waals surface area contributed by atoms with Gasteiger partial charge in [-0.25, -0.2) is 9.82 Å². The van der Waals surface area contributed by atoms with Crippen LogP contribution >= 0.6 is 15.9 Å². The summed E-state index contributed by atoms with van der Waals surface area (Å²) in [6.07, 6.45) is 0. The summed E-state index contributed by atoms with van der Waals surface area (Å²) in [7, 11) is 1.60. The molecular formula is C14H14BrFN2O. The second-order valence-electron chi connectivity index (χ2n) is 4.04. The molecule has 0 heterocycles. The van der Waals surface area contributed by atoms with E-state index < -0.39 is 0 Å². The van der Waals surface area contributed by atoms with Gasteiger partial charge in [0.1, 0.15) is 11.6 Å². The maximum atomic E-state index is 13.0. The second kappa shape index (κ2) is 6.14. The fourth-order valence-corrected chi connectivity index (χ4v) is 2.28. The van der Waals surface area contributed by atoms with E-state index in [9.17, 15) is 4.39 Å². The molecule has 2 aromatic carbocycles. The van der Waals surface area contributed by atoms with Crippen LogP contribution in [0.5, 0.6) is 5.75 Å². The Balaban J connectivity index is 2.44. The molecular weight excluding hydrogens is 311 g/mol. The Morgan fingerprint density at radius 2 is 1.89 bits per heavy atom. The molecule has 0 bridgehead atoms. The number of methoxy groups -OCH3 is 1. The molecule has 1 unspecified atom stereocenters. The number of hydrazine groups is 1. The van der Waals surface area contributed by atoms with Gasteiger partial charge in [-0.3, -0.25) is 5.84 Å². The van der Waals surface area contributed by atoms with Gasteiger partial charge in [0.05, 0.1) is 13.2 Å². The lowest BCUT2D eigenvalue weighted by molar-refractivity contribution is 0.404. The van der Waals surface area contributed by atoms with E-state index in [1.165, 1.54) is 12.1 Å². The first kappa shape index (κ1) is 14.0. The third-order valence-corrected chi connectivity index (χ3v) is 3.37. The zero-order chi connectivity index (χ0) is 13.8. The van der Waals surface area contributed by atoms with E-state index in [4.69, 9.17) is 10.6 Å². The van der Waals surface area contributed by atoms with Crippen LogP contribution in [-0.4, -0.2) is 7.11 Å². The summed E-state index contributed by atoms with van der Waals surface area (Å²) in [4.78, 5) is 0. The van der Waals surface area contributed by atoms with Crippen molar-refractivity contribution in [1.82, 2.24) is 5.43 Å². The van der Waals surface area contributed by atoms with Crippen molar-refractivity contribution in [3.8, 4) is 5.75 Å². The normalized spacial score (nSPS) is 12.2. The molecule has 2 aromatic rings. The van der Waals surface area contributed by atoms with Crippen LogP contribution in [0, 0.1) is 5.82 Å². The minimum absolute atomic E-state index is 0.261. The third-order valence-electron chi connectivity index (χ3n) is 2.88. The van der Waals surface area contributed by atoms with E-state index in [0.717, 1.165) is 15.6 Å². The monoisotopic (exact) mass is 324 g/mol. The van der Waals surface area contributed by atoms with Crippen LogP contribution in [0.4, 0.5) is 4.39 Å². The van der Waals surface area contributed by atoms with Crippen LogP contribution in [0.3, 0.4) is 0 Å². The van der Waals surface area contributed by atoms with Crippen LogP contribution in [-0.2, 0) is 0 Å². The van der Waals surface area contributed by atoms with Gasteiger partial charge in [0, 0.05) is 10.0 Å². The molecule has 0 amide bonds. The smallest absolute Gasteiger partial charge is 0.125 e. The molecule has 0 spiro atoms. The topological polar surface area (TPSA) is 47.3 Å². The first-order valence-electron chi connectivity index (χ1n) is 5.70. The summed E-state index contributed by atoms with van der Waals surface area (Å²) in [6, 6.07) is 11.6. The maximum Gasteiger partial charge on any atom is 0.125 e. The highest BCUT2D eigenvalue weighted by atomic mass is 79.9. The Morgan fingerprint density at radius 3 is 2.47 bits per heavy atom. The zero-order valence-corrected chi connectivity index (χ0v) is 11.9. The Hall–Kier alpha value is -1.43. The molecule has 1 atom stereocenters. The molecule has 3 N–H and O–H groups in total. The lowest BCUT2D eigenvalue weighted by atomic mass is 9.98. The number of benzene rings is 2. The number of nitrogens with two attached hydrogens (primary N) is 1. The number of ether oxygens (including phenoxy) is 1. The molecule has 0 radical (unpaired) electrons.